The summed E-state index contributed by atoms with van der Waals surface area (Å²) < 4.78 is 0. The SMILES string of the molecule is CCC(C)N(C)CCNC(=NC)N1CCCC(CC(N)=O)C1.I. The first-order chi connectivity index (χ1) is 10.5. The summed E-state index contributed by atoms with van der Waals surface area (Å²) in [7, 11) is 3.97. The minimum Gasteiger partial charge on any atom is -0.370 e. The molecule has 7 heteroatoms. The number of guanidine groups is 1. The fraction of sp³-hybridized carbons (Fsp3) is 0.875. The minimum absolute atomic E-state index is 0. The van der Waals surface area contributed by atoms with Crippen molar-refractivity contribution in [2.24, 2.45) is 16.6 Å². The summed E-state index contributed by atoms with van der Waals surface area (Å²) in [6.45, 7) is 8.19. The van der Waals surface area contributed by atoms with Gasteiger partial charge >= 0.3 is 0 Å². The van der Waals surface area contributed by atoms with Gasteiger partial charge in [0.05, 0.1) is 0 Å². The van der Waals surface area contributed by atoms with Crippen molar-refractivity contribution in [3.8, 4) is 0 Å². The Balaban J connectivity index is 0.00000484. The summed E-state index contributed by atoms with van der Waals surface area (Å²) in [5.74, 6) is 1.09. The highest BCUT2D eigenvalue weighted by Crippen LogP contribution is 2.19. The lowest BCUT2D eigenvalue weighted by Crippen LogP contribution is -2.48. The molecule has 23 heavy (non-hydrogen) atoms. The van der Waals surface area contributed by atoms with E-state index >= 15 is 0 Å². The molecule has 1 fully saturated rings. The Morgan fingerprint density at radius 1 is 1.52 bits per heavy atom. The van der Waals surface area contributed by atoms with Crippen LogP contribution < -0.4 is 11.1 Å². The Hall–Kier alpha value is -0.570. The van der Waals surface area contributed by atoms with Gasteiger partial charge in [-0.2, -0.15) is 0 Å². The van der Waals surface area contributed by atoms with E-state index in [1.807, 2.05) is 7.05 Å². The average molecular weight is 439 g/mol. The fourth-order valence-electron chi connectivity index (χ4n) is 2.92. The zero-order valence-electron chi connectivity index (χ0n) is 15.0. The number of piperidine rings is 1. The second-order valence-corrected chi connectivity index (χ2v) is 6.34. The summed E-state index contributed by atoms with van der Waals surface area (Å²) in [4.78, 5) is 20.1. The van der Waals surface area contributed by atoms with Crippen molar-refractivity contribution < 1.29 is 4.79 Å². The van der Waals surface area contributed by atoms with Crippen molar-refractivity contribution in [3.63, 3.8) is 0 Å². The molecule has 1 aliphatic rings. The van der Waals surface area contributed by atoms with Gasteiger partial charge in [-0.05, 0) is 39.2 Å². The highest BCUT2D eigenvalue weighted by atomic mass is 127. The summed E-state index contributed by atoms with van der Waals surface area (Å²) in [5.41, 5.74) is 5.32. The number of aliphatic imine (C=N–C) groups is 1. The number of hydrogen-bond acceptors (Lipinski definition) is 3. The molecule has 2 atom stereocenters. The van der Waals surface area contributed by atoms with Gasteiger partial charge in [0.2, 0.25) is 5.91 Å². The molecule has 3 N–H and O–H groups in total. The highest BCUT2D eigenvalue weighted by Gasteiger charge is 2.23. The van der Waals surface area contributed by atoms with E-state index in [-0.39, 0.29) is 29.9 Å². The van der Waals surface area contributed by atoms with Crippen LogP contribution in [0.15, 0.2) is 4.99 Å². The van der Waals surface area contributed by atoms with Crippen molar-refractivity contribution >= 4 is 35.8 Å². The smallest absolute Gasteiger partial charge is 0.217 e. The Morgan fingerprint density at radius 2 is 2.22 bits per heavy atom. The second kappa shape index (κ2) is 11.9. The molecule has 0 saturated carbocycles. The van der Waals surface area contributed by atoms with Crippen molar-refractivity contribution in [2.45, 2.75) is 45.6 Å². The summed E-state index contributed by atoms with van der Waals surface area (Å²) in [6, 6.07) is 0.596. The average Bonchev–Trinajstić information content (AvgIpc) is 2.50. The van der Waals surface area contributed by atoms with Crippen LogP contribution in [0, 0.1) is 5.92 Å². The number of amides is 1. The quantitative estimate of drug-likeness (QED) is 0.358. The van der Waals surface area contributed by atoms with E-state index in [0.29, 0.717) is 18.4 Å². The van der Waals surface area contributed by atoms with E-state index < -0.39 is 0 Å². The van der Waals surface area contributed by atoms with Crippen LogP contribution in [0.25, 0.3) is 0 Å². The van der Waals surface area contributed by atoms with E-state index in [0.717, 1.165) is 51.4 Å². The predicted octanol–water partition coefficient (Wildman–Crippen LogP) is 1.50. The standard InChI is InChI=1S/C16H33N5O.HI/c1-5-13(2)20(4)10-8-19-16(18-3)21-9-6-7-14(12-21)11-15(17)22;/h13-14H,5-12H2,1-4H3,(H2,17,22)(H,18,19);1H. The van der Waals surface area contributed by atoms with E-state index in [9.17, 15) is 4.79 Å². The van der Waals surface area contributed by atoms with Crippen molar-refractivity contribution in [1.82, 2.24) is 15.1 Å². The number of likely N-dealkylation sites (N-methyl/N-ethyl adjacent to an activating group) is 1. The van der Waals surface area contributed by atoms with Gasteiger partial charge in [0.1, 0.15) is 0 Å². The maximum absolute atomic E-state index is 11.1. The van der Waals surface area contributed by atoms with Crippen LogP contribution >= 0.6 is 24.0 Å². The zero-order chi connectivity index (χ0) is 16.5. The number of nitrogens with one attached hydrogen (secondary N) is 1. The van der Waals surface area contributed by atoms with Gasteiger partial charge in [-0.1, -0.05) is 6.92 Å². The molecule has 2 unspecified atom stereocenters. The molecule has 1 aliphatic heterocycles. The number of nitrogens with zero attached hydrogens (tertiary/aromatic N) is 3. The third kappa shape index (κ3) is 8.19. The maximum atomic E-state index is 11.1. The van der Waals surface area contributed by atoms with Crippen LogP contribution in [0.4, 0.5) is 0 Å². The molecule has 136 valence electrons. The summed E-state index contributed by atoms with van der Waals surface area (Å²) in [6.07, 6.45) is 3.80. The Labute approximate surface area is 158 Å². The van der Waals surface area contributed by atoms with Gasteiger partial charge in [0.15, 0.2) is 5.96 Å². The Bertz CT molecular complexity index is 377. The van der Waals surface area contributed by atoms with Gasteiger partial charge < -0.3 is 20.9 Å². The van der Waals surface area contributed by atoms with E-state index in [1.54, 1.807) is 0 Å². The molecule has 0 aromatic rings. The Kier molecular flexibility index (Phi) is 11.6. The lowest BCUT2D eigenvalue weighted by Gasteiger charge is -2.35. The van der Waals surface area contributed by atoms with Crippen molar-refractivity contribution in [2.75, 3.05) is 40.3 Å². The van der Waals surface area contributed by atoms with Gasteiger partial charge in [0, 0.05) is 45.7 Å². The van der Waals surface area contributed by atoms with Gasteiger partial charge in [0.25, 0.3) is 0 Å². The number of hydrogen-bond donors (Lipinski definition) is 2. The van der Waals surface area contributed by atoms with E-state index in [4.69, 9.17) is 5.73 Å². The summed E-state index contributed by atoms with van der Waals surface area (Å²) >= 11 is 0. The number of nitrogens with two attached hydrogens (primary N) is 1. The molecule has 6 nitrogen and oxygen atoms in total. The second-order valence-electron chi connectivity index (χ2n) is 6.34. The Morgan fingerprint density at radius 3 is 2.78 bits per heavy atom. The number of carbonyl (C=O) groups excluding carboxylic acids is 1. The number of halogens is 1. The molecule has 1 rings (SSSR count). The highest BCUT2D eigenvalue weighted by molar-refractivity contribution is 14.0. The lowest BCUT2D eigenvalue weighted by atomic mass is 9.95. The van der Waals surface area contributed by atoms with Crippen LogP contribution in [0.2, 0.25) is 0 Å². The van der Waals surface area contributed by atoms with Crippen LogP contribution in [-0.2, 0) is 4.79 Å². The molecular formula is C16H34IN5O. The molecule has 1 amide bonds. The number of rotatable bonds is 7. The van der Waals surface area contributed by atoms with Gasteiger partial charge in [-0.3, -0.25) is 9.79 Å². The largest absolute Gasteiger partial charge is 0.370 e. The number of likely N-dealkylation sites (tertiary alicyclic amines) is 1. The molecule has 0 bridgehead atoms. The molecule has 0 aromatic carbocycles. The van der Waals surface area contributed by atoms with E-state index in [2.05, 4.69) is 41.0 Å². The monoisotopic (exact) mass is 439 g/mol. The third-order valence-corrected chi connectivity index (χ3v) is 4.61. The first-order valence-corrected chi connectivity index (χ1v) is 8.42. The third-order valence-electron chi connectivity index (χ3n) is 4.61. The topological polar surface area (TPSA) is 74.0 Å². The van der Waals surface area contributed by atoms with Gasteiger partial charge in [-0.15, -0.1) is 24.0 Å². The molecule has 0 spiro atoms. The lowest BCUT2D eigenvalue weighted by molar-refractivity contribution is -0.119. The van der Waals surface area contributed by atoms with Crippen LogP contribution in [-0.4, -0.2) is 68.0 Å². The zero-order valence-corrected chi connectivity index (χ0v) is 17.4. The number of carbonyl (C=O) groups is 1. The van der Waals surface area contributed by atoms with Crippen LogP contribution in [0.5, 0.6) is 0 Å². The predicted molar refractivity (Wildman–Crippen MR) is 107 cm³/mol. The number of primary amides is 1. The molecule has 1 heterocycles. The first kappa shape index (κ1) is 22.4. The molecule has 0 aromatic heterocycles. The molecule has 0 aliphatic carbocycles. The van der Waals surface area contributed by atoms with Crippen molar-refractivity contribution in [1.29, 1.82) is 0 Å². The molecular weight excluding hydrogens is 405 g/mol. The normalized spacial score (nSPS) is 20.1. The van der Waals surface area contributed by atoms with E-state index in [1.165, 1.54) is 0 Å². The van der Waals surface area contributed by atoms with Gasteiger partial charge in [-0.25, -0.2) is 0 Å². The fourth-order valence-corrected chi connectivity index (χ4v) is 2.92. The molecule has 0 radical (unpaired) electrons. The van der Waals surface area contributed by atoms with Crippen LogP contribution in [0.3, 0.4) is 0 Å². The first-order valence-electron chi connectivity index (χ1n) is 8.42. The van der Waals surface area contributed by atoms with Crippen molar-refractivity contribution in [3.05, 3.63) is 0 Å². The van der Waals surface area contributed by atoms with Crippen LogP contribution in [0.1, 0.15) is 39.5 Å². The summed E-state index contributed by atoms with van der Waals surface area (Å²) in [5, 5.41) is 3.44. The minimum atomic E-state index is -0.204. The molecule has 1 saturated heterocycles. The maximum Gasteiger partial charge on any atom is 0.217 e.